The topological polar surface area (TPSA) is 63.0 Å². The molecular formula is C20H22N2O4. The van der Waals surface area contributed by atoms with Crippen molar-refractivity contribution in [2.45, 2.75) is 13.5 Å². The van der Waals surface area contributed by atoms with Gasteiger partial charge in [-0.1, -0.05) is 12.1 Å². The van der Waals surface area contributed by atoms with E-state index in [1.165, 1.54) is 6.26 Å². The molecule has 0 unspecified atom stereocenters. The molecule has 0 spiro atoms. The van der Waals surface area contributed by atoms with Crippen molar-refractivity contribution in [3.8, 4) is 5.75 Å². The minimum atomic E-state index is -0.0931. The number of amides is 2. The van der Waals surface area contributed by atoms with Crippen LogP contribution in [0.2, 0.25) is 0 Å². The summed E-state index contributed by atoms with van der Waals surface area (Å²) < 4.78 is 10.4. The fourth-order valence-electron chi connectivity index (χ4n) is 3.98. The van der Waals surface area contributed by atoms with E-state index in [2.05, 4.69) is 0 Å². The van der Waals surface area contributed by atoms with E-state index in [4.69, 9.17) is 9.15 Å². The maximum absolute atomic E-state index is 12.8. The van der Waals surface area contributed by atoms with Gasteiger partial charge in [0, 0.05) is 32.1 Å². The second kappa shape index (κ2) is 6.52. The average Bonchev–Trinajstić information content (AvgIpc) is 3.33. The Kier molecular flexibility index (Phi) is 4.18. The summed E-state index contributed by atoms with van der Waals surface area (Å²) in [4.78, 5) is 29.1. The maximum Gasteiger partial charge on any atom is 0.257 e. The maximum atomic E-state index is 12.8. The fourth-order valence-corrected chi connectivity index (χ4v) is 3.98. The first-order chi connectivity index (χ1) is 12.6. The number of hydrogen-bond donors (Lipinski definition) is 0. The van der Waals surface area contributed by atoms with E-state index < -0.39 is 0 Å². The summed E-state index contributed by atoms with van der Waals surface area (Å²) in [5.41, 5.74) is 1.67. The molecule has 6 nitrogen and oxygen atoms in total. The van der Waals surface area contributed by atoms with Crippen LogP contribution in [-0.4, -0.2) is 48.4 Å². The van der Waals surface area contributed by atoms with Crippen LogP contribution < -0.4 is 4.74 Å². The largest absolute Gasteiger partial charge is 0.497 e. The molecule has 2 aromatic rings. The SMILES string of the molecule is COc1ccc(CN2C[C@@H]3CN(C(=O)c4ccoc4C)C[C@@H]3C2=O)cc1. The summed E-state index contributed by atoms with van der Waals surface area (Å²) in [6.45, 7) is 4.20. The highest BCUT2D eigenvalue weighted by Crippen LogP contribution is 2.34. The molecule has 0 N–H and O–H groups in total. The van der Waals surface area contributed by atoms with E-state index in [0.29, 0.717) is 37.5 Å². The Labute approximate surface area is 152 Å². The number of ether oxygens (including phenoxy) is 1. The van der Waals surface area contributed by atoms with Crippen LogP contribution in [0.25, 0.3) is 0 Å². The molecule has 0 bridgehead atoms. The second-order valence-corrected chi connectivity index (χ2v) is 7.03. The minimum Gasteiger partial charge on any atom is -0.497 e. The van der Waals surface area contributed by atoms with Crippen molar-refractivity contribution in [3.63, 3.8) is 0 Å². The van der Waals surface area contributed by atoms with E-state index in [9.17, 15) is 9.59 Å². The van der Waals surface area contributed by atoms with Gasteiger partial charge < -0.3 is 19.0 Å². The minimum absolute atomic E-state index is 0.0415. The predicted molar refractivity (Wildman–Crippen MR) is 94.7 cm³/mol. The zero-order valence-corrected chi connectivity index (χ0v) is 15.0. The molecule has 2 amide bonds. The third-order valence-electron chi connectivity index (χ3n) is 5.43. The Bertz CT molecular complexity index is 827. The molecule has 1 aromatic carbocycles. The van der Waals surface area contributed by atoms with E-state index in [1.54, 1.807) is 25.0 Å². The van der Waals surface area contributed by atoms with Crippen molar-refractivity contribution < 1.29 is 18.7 Å². The van der Waals surface area contributed by atoms with E-state index in [1.807, 2.05) is 29.2 Å². The number of rotatable bonds is 4. The highest BCUT2D eigenvalue weighted by molar-refractivity contribution is 5.96. The van der Waals surface area contributed by atoms with Crippen LogP contribution in [0.5, 0.6) is 5.75 Å². The first-order valence-electron chi connectivity index (χ1n) is 8.82. The van der Waals surface area contributed by atoms with Crippen LogP contribution >= 0.6 is 0 Å². The van der Waals surface area contributed by atoms with Crippen molar-refractivity contribution in [1.82, 2.24) is 9.80 Å². The number of furan rings is 1. The van der Waals surface area contributed by atoms with Gasteiger partial charge in [0.05, 0.1) is 24.9 Å². The Hall–Kier alpha value is -2.76. The van der Waals surface area contributed by atoms with Gasteiger partial charge in [0.1, 0.15) is 11.5 Å². The average molecular weight is 354 g/mol. The van der Waals surface area contributed by atoms with Crippen LogP contribution in [0.4, 0.5) is 0 Å². The van der Waals surface area contributed by atoms with Crippen molar-refractivity contribution >= 4 is 11.8 Å². The Morgan fingerprint density at radius 3 is 2.58 bits per heavy atom. The van der Waals surface area contributed by atoms with Gasteiger partial charge >= 0.3 is 0 Å². The van der Waals surface area contributed by atoms with Gasteiger partial charge in [0.2, 0.25) is 5.91 Å². The lowest BCUT2D eigenvalue weighted by atomic mass is 10.0. The molecule has 3 heterocycles. The number of carbonyl (C=O) groups excluding carboxylic acids is 2. The summed E-state index contributed by atoms with van der Waals surface area (Å²) in [5.74, 6) is 1.65. The molecule has 6 heteroatoms. The lowest BCUT2D eigenvalue weighted by Gasteiger charge is -2.22. The molecule has 0 aliphatic carbocycles. The number of aryl methyl sites for hydroxylation is 1. The predicted octanol–water partition coefficient (Wildman–Crippen LogP) is 2.33. The van der Waals surface area contributed by atoms with Crippen LogP contribution in [-0.2, 0) is 11.3 Å². The number of benzene rings is 1. The molecular weight excluding hydrogens is 332 g/mol. The molecule has 2 aliphatic heterocycles. The summed E-state index contributed by atoms with van der Waals surface area (Å²) in [6, 6.07) is 9.48. The van der Waals surface area contributed by atoms with Gasteiger partial charge in [-0.05, 0) is 30.7 Å². The molecule has 0 radical (unpaired) electrons. The molecule has 2 saturated heterocycles. The number of carbonyl (C=O) groups is 2. The number of hydrogen-bond acceptors (Lipinski definition) is 4. The van der Waals surface area contributed by atoms with Crippen molar-refractivity contribution in [1.29, 1.82) is 0 Å². The van der Waals surface area contributed by atoms with Gasteiger partial charge in [-0.2, -0.15) is 0 Å². The molecule has 0 saturated carbocycles. The first kappa shape index (κ1) is 16.7. The van der Waals surface area contributed by atoms with Gasteiger partial charge in [-0.3, -0.25) is 9.59 Å². The van der Waals surface area contributed by atoms with E-state index in [-0.39, 0.29) is 23.7 Å². The Morgan fingerprint density at radius 2 is 1.96 bits per heavy atom. The van der Waals surface area contributed by atoms with Crippen molar-refractivity contribution in [2.24, 2.45) is 11.8 Å². The number of nitrogens with zero attached hydrogens (tertiary/aromatic N) is 2. The quantitative estimate of drug-likeness (QED) is 0.845. The standard InChI is InChI=1S/C20H22N2O4/c1-13-17(7-8-26-13)19(23)22-11-15-10-21(20(24)18(15)12-22)9-14-3-5-16(25-2)6-4-14/h3-8,15,18H,9-12H2,1-2H3/t15-,18+/m1/s1. The summed E-state index contributed by atoms with van der Waals surface area (Å²) in [5, 5.41) is 0. The zero-order valence-electron chi connectivity index (χ0n) is 15.0. The molecule has 26 heavy (non-hydrogen) atoms. The molecule has 136 valence electrons. The van der Waals surface area contributed by atoms with Crippen molar-refractivity contribution in [2.75, 3.05) is 26.7 Å². The highest BCUT2D eigenvalue weighted by Gasteiger charge is 2.47. The molecule has 1 aromatic heterocycles. The number of fused-ring (bicyclic) bond motifs is 1. The van der Waals surface area contributed by atoms with Crippen LogP contribution in [0.15, 0.2) is 41.0 Å². The summed E-state index contributed by atoms with van der Waals surface area (Å²) >= 11 is 0. The van der Waals surface area contributed by atoms with Gasteiger partial charge in [-0.25, -0.2) is 0 Å². The number of methoxy groups -OCH3 is 1. The van der Waals surface area contributed by atoms with Crippen LogP contribution in [0, 0.1) is 18.8 Å². The van der Waals surface area contributed by atoms with Crippen molar-refractivity contribution in [3.05, 3.63) is 53.5 Å². The normalized spacial score (nSPS) is 22.0. The van der Waals surface area contributed by atoms with Crippen LogP contribution in [0.1, 0.15) is 21.7 Å². The molecule has 2 aliphatic rings. The third-order valence-corrected chi connectivity index (χ3v) is 5.43. The summed E-state index contributed by atoms with van der Waals surface area (Å²) in [7, 11) is 1.64. The molecule has 2 fully saturated rings. The Morgan fingerprint density at radius 1 is 1.19 bits per heavy atom. The highest BCUT2D eigenvalue weighted by atomic mass is 16.5. The van der Waals surface area contributed by atoms with E-state index >= 15 is 0 Å². The molecule has 4 rings (SSSR count). The zero-order chi connectivity index (χ0) is 18.3. The number of likely N-dealkylation sites (tertiary alicyclic amines) is 2. The van der Waals surface area contributed by atoms with E-state index in [0.717, 1.165) is 11.3 Å². The van der Waals surface area contributed by atoms with Gasteiger partial charge in [-0.15, -0.1) is 0 Å². The third kappa shape index (κ3) is 2.85. The lowest BCUT2D eigenvalue weighted by Crippen LogP contribution is -2.35. The second-order valence-electron chi connectivity index (χ2n) is 7.03. The first-order valence-corrected chi connectivity index (χ1v) is 8.82. The Balaban J connectivity index is 1.40. The van der Waals surface area contributed by atoms with Gasteiger partial charge in [0.25, 0.3) is 5.91 Å². The summed E-state index contributed by atoms with van der Waals surface area (Å²) in [6.07, 6.45) is 1.53. The monoisotopic (exact) mass is 354 g/mol. The van der Waals surface area contributed by atoms with Crippen LogP contribution in [0.3, 0.4) is 0 Å². The molecule has 2 atom stereocenters. The lowest BCUT2D eigenvalue weighted by molar-refractivity contribution is -0.131. The fraction of sp³-hybridized carbons (Fsp3) is 0.400. The smallest absolute Gasteiger partial charge is 0.257 e. The van der Waals surface area contributed by atoms with Gasteiger partial charge in [0.15, 0.2) is 0 Å².